The number of aromatic nitrogens is 2. The Labute approximate surface area is 145 Å². The zero-order valence-corrected chi connectivity index (χ0v) is 14.5. The number of aryl methyl sites for hydroxylation is 2. The molecule has 2 heterocycles. The number of nitrogens with zero attached hydrogens (tertiary/aromatic N) is 2. The Kier molecular flexibility index (Phi) is 4.70. The van der Waals surface area contributed by atoms with Gasteiger partial charge < -0.3 is 10.1 Å². The van der Waals surface area contributed by atoms with Gasteiger partial charge in [-0.2, -0.15) is 0 Å². The first-order chi connectivity index (χ1) is 12.0. The van der Waals surface area contributed by atoms with Gasteiger partial charge in [0.25, 0.3) is 0 Å². The van der Waals surface area contributed by atoms with Gasteiger partial charge in [-0.05, 0) is 62.7 Å². The number of carbonyl (C=O) groups excluding carboxylic acids is 1. The van der Waals surface area contributed by atoms with Gasteiger partial charge in [0.15, 0.2) is 0 Å². The van der Waals surface area contributed by atoms with Crippen LogP contribution in [0.3, 0.4) is 0 Å². The molecule has 2 aromatic heterocycles. The number of benzene rings is 1. The number of halogens is 1. The molecule has 25 heavy (non-hydrogen) atoms. The minimum absolute atomic E-state index is 0.0309. The molecule has 0 aliphatic heterocycles. The number of carbonyl (C=O) groups is 1. The molecule has 3 rings (SSSR count). The van der Waals surface area contributed by atoms with Crippen molar-refractivity contribution in [2.75, 3.05) is 18.5 Å². The number of anilines is 1. The number of esters is 1. The van der Waals surface area contributed by atoms with Gasteiger partial charge in [-0.15, -0.1) is 0 Å². The second kappa shape index (κ2) is 6.93. The summed E-state index contributed by atoms with van der Waals surface area (Å²) < 4.78 is 20.2. The fraction of sp³-hybridized carbons (Fsp3) is 0.263. The van der Waals surface area contributed by atoms with Crippen molar-refractivity contribution in [2.24, 2.45) is 0 Å². The van der Waals surface area contributed by atoms with E-state index in [1.165, 1.54) is 12.1 Å². The highest BCUT2D eigenvalue weighted by atomic mass is 19.1. The van der Waals surface area contributed by atoms with Crippen molar-refractivity contribution in [3.63, 3.8) is 0 Å². The van der Waals surface area contributed by atoms with Crippen LogP contribution in [-0.4, -0.2) is 28.5 Å². The lowest BCUT2D eigenvalue weighted by atomic mass is 10.1. The molecule has 0 spiro atoms. The maximum absolute atomic E-state index is 13.3. The van der Waals surface area contributed by atoms with Crippen LogP contribution < -0.4 is 5.32 Å². The van der Waals surface area contributed by atoms with Crippen molar-refractivity contribution in [2.45, 2.75) is 20.8 Å². The molecule has 1 N–H and O–H groups in total. The number of ether oxygens (including phenoxy) is 1. The summed E-state index contributed by atoms with van der Waals surface area (Å²) in [4.78, 5) is 16.4. The molecule has 130 valence electrons. The maximum atomic E-state index is 13.3. The summed E-state index contributed by atoms with van der Waals surface area (Å²) >= 11 is 0. The predicted molar refractivity (Wildman–Crippen MR) is 95.2 cm³/mol. The first-order valence-corrected chi connectivity index (χ1v) is 8.14. The van der Waals surface area contributed by atoms with Gasteiger partial charge in [-0.1, -0.05) is 0 Å². The van der Waals surface area contributed by atoms with Crippen molar-refractivity contribution in [3.05, 3.63) is 53.5 Å². The minimum atomic E-state index is -0.340. The molecule has 0 saturated heterocycles. The highest BCUT2D eigenvalue weighted by Gasteiger charge is 2.17. The lowest BCUT2D eigenvalue weighted by Crippen LogP contribution is -2.18. The molecule has 5 nitrogen and oxygen atoms in total. The summed E-state index contributed by atoms with van der Waals surface area (Å²) in [6.45, 7) is 6.11. The molecular formula is C19H20FN3O2. The Morgan fingerprint density at radius 1 is 1.24 bits per heavy atom. The van der Waals surface area contributed by atoms with Crippen LogP contribution in [0, 0.1) is 19.7 Å². The van der Waals surface area contributed by atoms with E-state index in [0.717, 1.165) is 22.5 Å². The Balaban J connectivity index is 2.11. The van der Waals surface area contributed by atoms with Crippen molar-refractivity contribution in [1.82, 2.24) is 9.38 Å². The Hall–Kier alpha value is -2.89. The van der Waals surface area contributed by atoms with Crippen LogP contribution in [-0.2, 0) is 9.53 Å². The van der Waals surface area contributed by atoms with Gasteiger partial charge in [-0.25, -0.2) is 9.37 Å². The fourth-order valence-electron chi connectivity index (χ4n) is 2.87. The third-order valence-corrected chi connectivity index (χ3v) is 3.87. The highest BCUT2D eigenvalue weighted by molar-refractivity contribution is 5.81. The molecule has 0 saturated carbocycles. The van der Waals surface area contributed by atoms with Crippen LogP contribution in [0.2, 0.25) is 0 Å². The Morgan fingerprint density at radius 3 is 2.64 bits per heavy atom. The van der Waals surface area contributed by atoms with Gasteiger partial charge >= 0.3 is 5.97 Å². The highest BCUT2D eigenvalue weighted by Crippen LogP contribution is 2.30. The summed E-state index contributed by atoms with van der Waals surface area (Å²) in [6.07, 6.45) is 0. The van der Waals surface area contributed by atoms with E-state index in [-0.39, 0.29) is 18.3 Å². The molecule has 0 unspecified atom stereocenters. The number of pyridine rings is 1. The van der Waals surface area contributed by atoms with E-state index >= 15 is 0 Å². The molecule has 0 bridgehead atoms. The number of rotatable bonds is 5. The second-order valence-electron chi connectivity index (χ2n) is 5.84. The van der Waals surface area contributed by atoms with Crippen molar-refractivity contribution < 1.29 is 13.9 Å². The quantitative estimate of drug-likeness (QED) is 0.719. The van der Waals surface area contributed by atoms with Crippen LogP contribution in [0.1, 0.15) is 18.2 Å². The molecule has 0 aliphatic carbocycles. The number of hydrogen-bond donors (Lipinski definition) is 1. The van der Waals surface area contributed by atoms with Crippen molar-refractivity contribution in [3.8, 4) is 11.3 Å². The largest absolute Gasteiger partial charge is 0.465 e. The van der Waals surface area contributed by atoms with Crippen LogP contribution in [0.5, 0.6) is 0 Å². The van der Waals surface area contributed by atoms with Crippen LogP contribution >= 0.6 is 0 Å². The number of fused-ring (bicyclic) bond motifs is 1. The topological polar surface area (TPSA) is 55.6 Å². The van der Waals surface area contributed by atoms with Gasteiger partial charge in [0.2, 0.25) is 0 Å². The van der Waals surface area contributed by atoms with Gasteiger partial charge in [0.1, 0.15) is 29.5 Å². The van der Waals surface area contributed by atoms with E-state index in [1.54, 1.807) is 19.1 Å². The molecule has 0 amide bonds. The monoisotopic (exact) mass is 341 g/mol. The molecular weight excluding hydrogens is 321 g/mol. The number of nitrogens with one attached hydrogen (secondary N) is 1. The summed E-state index contributed by atoms with van der Waals surface area (Å²) in [5.74, 6) is 0.0417. The Morgan fingerprint density at radius 2 is 1.96 bits per heavy atom. The van der Waals surface area contributed by atoms with Gasteiger partial charge in [0, 0.05) is 11.3 Å². The number of imidazole rings is 1. The average Bonchev–Trinajstić information content (AvgIpc) is 2.92. The lowest BCUT2D eigenvalue weighted by molar-refractivity contribution is -0.140. The molecule has 0 atom stereocenters. The fourth-order valence-corrected chi connectivity index (χ4v) is 2.87. The summed E-state index contributed by atoms with van der Waals surface area (Å²) in [5, 5.41) is 3.13. The molecule has 0 fully saturated rings. The van der Waals surface area contributed by atoms with E-state index in [1.807, 2.05) is 30.4 Å². The van der Waals surface area contributed by atoms with Crippen LogP contribution in [0.15, 0.2) is 36.4 Å². The van der Waals surface area contributed by atoms with Crippen LogP contribution in [0.4, 0.5) is 10.2 Å². The first-order valence-electron chi connectivity index (χ1n) is 8.14. The van der Waals surface area contributed by atoms with Gasteiger partial charge in [0.05, 0.1) is 6.61 Å². The molecule has 0 radical (unpaired) electrons. The van der Waals surface area contributed by atoms with E-state index in [4.69, 9.17) is 4.74 Å². The van der Waals surface area contributed by atoms with Crippen molar-refractivity contribution in [1.29, 1.82) is 0 Å². The van der Waals surface area contributed by atoms with Gasteiger partial charge in [-0.3, -0.25) is 9.20 Å². The third-order valence-electron chi connectivity index (χ3n) is 3.87. The summed E-state index contributed by atoms with van der Waals surface area (Å²) in [7, 11) is 0. The Bertz CT molecular complexity index is 917. The summed E-state index contributed by atoms with van der Waals surface area (Å²) in [6, 6.07) is 10.1. The minimum Gasteiger partial charge on any atom is -0.465 e. The van der Waals surface area contributed by atoms with Crippen LogP contribution in [0.25, 0.3) is 16.9 Å². The lowest BCUT2D eigenvalue weighted by Gasteiger charge is -2.10. The molecule has 0 aliphatic rings. The SMILES string of the molecule is CCOC(=O)CNc1c(-c2ccc(F)cc2)nc2cc(C)cc(C)n12. The first kappa shape index (κ1) is 17.0. The summed E-state index contributed by atoms with van der Waals surface area (Å²) in [5.41, 5.74) is 4.29. The predicted octanol–water partition coefficient (Wildman–Crippen LogP) is 3.73. The number of hydrogen-bond acceptors (Lipinski definition) is 4. The maximum Gasteiger partial charge on any atom is 0.325 e. The van der Waals surface area contributed by atoms with E-state index < -0.39 is 0 Å². The third kappa shape index (κ3) is 3.47. The second-order valence-corrected chi connectivity index (χ2v) is 5.84. The molecule has 1 aromatic carbocycles. The van der Waals surface area contributed by atoms with E-state index in [2.05, 4.69) is 10.3 Å². The van der Waals surface area contributed by atoms with Crippen molar-refractivity contribution >= 4 is 17.4 Å². The van der Waals surface area contributed by atoms with E-state index in [0.29, 0.717) is 18.1 Å². The van der Waals surface area contributed by atoms with E-state index in [9.17, 15) is 9.18 Å². The zero-order chi connectivity index (χ0) is 18.0. The molecule has 3 aromatic rings. The smallest absolute Gasteiger partial charge is 0.325 e. The standard InChI is InChI=1S/C19H20FN3O2/c1-4-25-17(24)11-21-19-18(14-5-7-15(20)8-6-14)22-16-10-12(2)9-13(3)23(16)19/h5-10,21H,4,11H2,1-3H3. The normalized spacial score (nSPS) is 10.9. The average molecular weight is 341 g/mol. The molecule has 6 heteroatoms. The zero-order valence-electron chi connectivity index (χ0n) is 14.5.